The Morgan fingerprint density at radius 1 is 1.38 bits per heavy atom. The van der Waals surface area contributed by atoms with Crippen molar-refractivity contribution in [3.63, 3.8) is 0 Å². The first-order chi connectivity index (χ1) is 7.74. The van der Waals surface area contributed by atoms with Crippen LogP contribution >= 0.6 is 0 Å². The van der Waals surface area contributed by atoms with Gasteiger partial charge in [0.05, 0.1) is 12.2 Å². The van der Waals surface area contributed by atoms with Crippen molar-refractivity contribution in [2.45, 2.75) is 25.9 Å². The van der Waals surface area contributed by atoms with Crippen LogP contribution in [0.1, 0.15) is 18.9 Å². The molecule has 0 aliphatic carbocycles. The van der Waals surface area contributed by atoms with Crippen molar-refractivity contribution in [2.24, 2.45) is 5.92 Å². The maximum absolute atomic E-state index is 9.84. The van der Waals surface area contributed by atoms with Gasteiger partial charge in [0.1, 0.15) is 0 Å². The van der Waals surface area contributed by atoms with Gasteiger partial charge in [0.15, 0.2) is 0 Å². The summed E-state index contributed by atoms with van der Waals surface area (Å²) in [5.41, 5.74) is 1.23. The lowest BCUT2D eigenvalue weighted by molar-refractivity contribution is 0.128. The van der Waals surface area contributed by atoms with Gasteiger partial charge < -0.3 is 5.11 Å². The van der Waals surface area contributed by atoms with E-state index in [1.165, 1.54) is 11.6 Å². The van der Waals surface area contributed by atoms with Crippen LogP contribution in [0.4, 0.5) is 0 Å². The summed E-state index contributed by atoms with van der Waals surface area (Å²) in [6.45, 7) is 1.92. The summed E-state index contributed by atoms with van der Waals surface area (Å²) in [4.78, 5) is 0. The van der Waals surface area contributed by atoms with E-state index >= 15 is 0 Å². The highest BCUT2D eigenvalue weighted by molar-refractivity contribution is 5.15. The summed E-state index contributed by atoms with van der Waals surface area (Å²) in [6, 6.07) is 12.0. The molecule has 0 unspecified atom stereocenters. The molecule has 1 aromatic carbocycles. The number of nitrogens with zero attached hydrogens (tertiary/aromatic N) is 1. The SMILES string of the molecule is C[C@@H](/C=C\C#N)[C@@H](O)CCc1ccccc1. The molecule has 2 atom stereocenters. The fraction of sp³-hybridized carbons (Fsp3) is 0.357. The van der Waals surface area contributed by atoms with Crippen LogP contribution in [0.2, 0.25) is 0 Å². The zero-order valence-electron chi connectivity index (χ0n) is 9.50. The van der Waals surface area contributed by atoms with Crippen molar-refractivity contribution in [2.75, 3.05) is 0 Å². The monoisotopic (exact) mass is 215 g/mol. The summed E-state index contributed by atoms with van der Waals surface area (Å²) in [5, 5.41) is 18.2. The molecule has 0 fully saturated rings. The van der Waals surface area contributed by atoms with E-state index < -0.39 is 0 Å². The number of hydrogen-bond acceptors (Lipinski definition) is 2. The highest BCUT2D eigenvalue weighted by atomic mass is 16.3. The smallest absolute Gasteiger partial charge is 0.0908 e. The second-order valence-electron chi connectivity index (χ2n) is 3.94. The predicted molar refractivity (Wildman–Crippen MR) is 64.7 cm³/mol. The van der Waals surface area contributed by atoms with E-state index in [9.17, 15) is 5.11 Å². The zero-order chi connectivity index (χ0) is 11.8. The van der Waals surface area contributed by atoms with E-state index in [1.807, 2.05) is 31.2 Å². The maximum atomic E-state index is 9.84. The molecule has 1 aromatic rings. The van der Waals surface area contributed by atoms with Crippen molar-refractivity contribution in [1.82, 2.24) is 0 Å². The Balaban J connectivity index is 2.38. The Morgan fingerprint density at radius 3 is 2.69 bits per heavy atom. The minimum absolute atomic E-state index is 0.0309. The van der Waals surface area contributed by atoms with Gasteiger partial charge in [-0.3, -0.25) is 0 Å². The van der Waals surface area contributed by atoms with Gasteiger partial charge >= 0.3 is 0 Å². The molecule has 0 radical (unpaired) electrons. The highest BCUT2D eigenvalue weighted by Crippen LogP contribution is 2.12. The molecule has 84 valence electrons. The molecule has 0 aliphatic heterocycles. The van der Waals surface area contributed by atoms with E-state index in [4.69, 9.17) is 5.26 Å². The molecule has 2 nitrogen and oxygen atoms in total. The Morgan fingerprint density at radius 2 is 2.06 bits per heavy atom. The number of nitriles is 1. The summed E-state index contributed by atoms with van der Waals surface area (Å²) in [6.07, 6.45) is 4.38. The lowest BCUT2D eigenvalue weighted by Crippen LogP contribution is -2.16. The average Bonchev–Trinajstić information content (AvgIpc) is 2.34. The van der Waals surface area contributed by atoms with Crippen LogP contribution < -0.4 is 0 Å². The largest absolute Gasteiger partial charge is 0.393 e. The second-order valence-corrected chi connectivity index (χ2v) is 3.94. The Labute approximate surface area is 96.8 Å². The van der Waals surface area contributed by atoms with Crippen molar-refractivity contribution in [3.05, 3.63) is 48.0 Å². The minimum Gasteiger partial charge on any atom is -0.393 e. The normalized spacial score (nSPS) is 14.6. The fourth-order valence-electron chi connectivity index (χ4n) is 1.55. The summed E-state index contributed by atoms with van der Waals surface area (Å²) < 4.78 is 0. The Kier molecular flexibility index (Phi) is 5.31. The Hall–Kier alpha value is -1.59. The van der Waals surface area contributed by atoms with Crippen LogP contribution in [-0.2, 0) is 6.42 Å². The van der Waals surface area contributed by atoms with E-state index in [2.05, 4.69) is 12.1 Å². The lowest BCUT2D eigenvalue weighted by Gasteiger charge is -2.14. The summed E-state index contributed by atoms with van der Waals surface area (Å²) in [5.74, 6) is 0.0309. The van der Waals surface area contributed by atoms with Crippen LogP contribution in [0.15, 0.2) is 42.5 Å². The van der Waals surface area contributed by atoms with E-state index in [0.29, 0.717) is 0 Å². The maximum Gasteiger partial charge on any atom is 0.0908 e. The number of aliphatic hydroxyl groups is 1. The van der Waals surface area contributed by atoms with Crippen molar-refractivity contribution in [1.29, 1.82) is 5.26 Å². The molecule has 0 saturated heterocycles. The van der Waals surface area contributed by atoms with Crippen LogP contribution in [-0.4, -0.2) is 11.2 Å². The topological polar surface area (TPSA) is 44.0 Å². The van der Waals surface area contributed by atoms with Gasteiger partial charge in [0.2, 0.25) is 0 Å². The molecule has 0 aliphatic rings. The standard InChI is InChI=1S/C14H17NO/c1-12(6-5-11-15)14(16)10-9-13-7-3-2-4-8-13/h2-8,12,14,16H,9-10H2,1H3/b6-5-/t12-,14-/m0/s1. The number of allylic oxidation sites excluding steroid dienone is 1. The molecule has 0 aromatic heterocycles. The van der Waals surface area contributed by atoms with Crippen LogP contribution in [0.25, 0.3) is 0 Å². The Bertz CT molecular complexity index is 364. The highest BCUT2D eigenvalue weighted by Gasteiger charge is 2.10. The fourth-order valence-corrected chi connectivity index (χ4v) is 1.55. The number of benzene rings is 1. The third-order valence-corrected chi connectivity index (χ3v) is 2.65. The van der Waals surface area contributed by atoms with Crippen molar-refractivity contribution in [3.8, 4) is 6.07 Å². The molecule has 0 amide bonds. The number of aliphatic hydroxyl groups excluding tert-OH is 1. The molecule has 1 N–H and O–H groups in total. The molecule has 0 heterocycles. The van der Waals surface area contributed by atoms with E-state index in [-0.39, 0.29) is 12.0 Å². The molecular formula is C14H17NO. The summed E-state index contributed by atoms with van der Waals surface area (Å²) >= 11 is 0. The van der Waals surface area contributed by atoms with E-state index in [0.717, 1.165) is 12.8 Å². The lowest BCUT2D eigenvalue weighted by atomic mass is 9.97. The van der Waals surface area contributed by atoms with Gasteiger partial charge in [0, 0.05) is 12.0 Å². The quantitative estimate of drug-likeness (QED) is 0.767. The minimum atomic E-state index is -0.384. The van der Waals surface area contributed by atoms with Gasteiger partial charge in [-0.05, 0) is 18.4 Å². The molecule has 16 heavy (non-hydrogen) atoms. The molecule has 0 saturated carbocycles. The average molecular weight is 215 g/mol. The molecular weight excluding hydrogens is 198 g/mol. The second kappa shape index (κ2) is 6.81. The van der Waals surface area contributed by atoms with E-state index in [1.54, 1.807) is 6.08 Å². The van der Waals surface area contributed by atoms with Crippen LogP contribution in [0, 0.1) is 17.2 Å². The molecule has 1 rings (SSSR count). The molecule has 0 bridgehead atoms. The number of rotatable bonds is 5. The zero-order valence-corrected chi connectivity index (χ0v) is 9.50. The first kappa shape index (κ1) is 12.5. The van der Waals surface area contributed by atoms with Gasteiger partial charge in [-0.1, -0.05) is 43.3 Å². The third kappa shape index (κ3) is 4.29. The third-order valence-electron chi connectivity index (χ3n) is 2.65. The van der Waals surface area contributed by atoms with Gasteiger partial charge in [0.25, 0.3) is 0 Å². The van der Waals surface area contributed by atoms with Crippen LogP contribution in [0.3, 0.4) is 0 Å². The first-order valence-electron chi connectivity index (χ1n) is 5.52. The number of hydrogen-bond donors (Lipinski definition) is 1. The molecule has 2 heteroatoms. The van der Waals surface area contributed by atoms with Gasteiger partial charge in [-0.2, -0.15) is 5.26 Å². The van der Waals surface area contributed by atoms with Crippen molar-refractivity contribution >= 4 is 0 Å². The van der Waals surface area contributed by atoms with Crippen LogP contribution in [0.5, 0.6) is 0 Å². The van der Waals surface area contributed by atoms with Gasteiger partial charge in [-0.25, -0.2) is 0 Å². The predicted octanol–water partition coefficient (Wildman–Crippen LogP) is 2.70. The van der Waals surface area contributed by atoms with Crippen molar-refractivity contribution < 1.29 is 5.11 Å². The molecule has 0 spiro atoms. The summed E-state index contributed by atoms with van der Waals surface area (Å²) in [7, 11) is 0. The van der Waals surface area contributed by atoms with Gasteiger partial charge in [-0.15, -0.1) is 0 Å². The number of aryl methyl sites for hydroxylation is 1. The first-order valence-corrected chi connectivity index (χ1v) is 5.52.